The van der Waals surface area contributed by atoms with Crippen LogP contribution in [0.5, 0.6) is 0 Å². The molecule has 2 N–H and O–H groups in total. The Morgan fingerprint density at radius 1 is 1.21 bits per heavy atom. The Hall–Kier alpha value is -1.14. The number of nitrogens with zero attached hydrogens (tertiary/aromatic N) is 2. The quantitative estimate of drug-likeness (QED) is 0.738. The molecule has 2 saturated heterocycles. The zero-order valence-electron chi connectivity index (χ0n) is 11.7. The van der Waals surface area contributed by atoms with Crippen LogP contribution in [-0.2, 0) is 14.3 Å². The van der Waals surface area contributed by atoms with Crippen LogP contribution in [0.3, 0.4) is 0 Å². The Balaban J connectivity index is 2.05. The average molecular weight is 269 g/mol. The van der Waals surface area contributed by atoms with E-state index in [2.05, 4.69) is 0 Å². The fourth-order valence-corrected chi connectivity index (χ4v) is 2.63. The van der Waals surface area contributed by atoms with Gasteiger partial charge in [-0.15, -0.1) is 0 Å². The third-order valence-electron chi connectivity index (χ3n) is 3.67. The molecule has 0 aromatic rings. The van der Waals surface area contributed by atoms with Crippen molar-refractivity contribution in [1.29, 1.82) is 0 Å². The van der Waals surface area contributed by atoms with Crippen molar-refractivity contribution in [2.24, 2.45) is 5.73 Å². The highest BCUT2D eigenvalue weighted by molar-refractivity contribution is 5.92. The van der Waals surface area contributed by atoms with Crippen LogP contribution in [0.25, 0.3) is 0 Å². The number of hydrogen-bond donors (Lipinski definition) is 1. The highest BCUT2D eigenvalue weighted by atomic mass is 16.5. The Bertz CT molecular complexity index is 359. The molecule has 6 heteroatoms. The van der Waals surface area contributed by atoms with Gasteiger partial charge in [0.25, 0.3) is 0 Å². The first kappa shape index (κ1) is 14.3. The molecule has 108 valence electrons. The van der Waals surface area contributed by atoms with Crippen molar-refractivity contribution >= 4 is 11.8 Å². The van der Waals surface area contributed by atoms with E-state index in [0.29, 0.717) is 32.8 Å². The van der Waals surface area contributed by atoms with Crippen molar-refractivity contribution in [1.82, 2.24) is 9.80 Å². The van der Waals surface area contributed by atoms with E-state index in [-0.39, 0.29) is 17.9 Å². The molecule has 0 aliphatic carbocycles. The number of morpholine rings is 1. The molecule has 2 heterocycles. The summed E-state index contributed by atoms with van der Waals surface area (Å²) in [4.78, 5) is 28.2. The number of nitrogens with two attached hydrogens (primary N) is 1. The highest BCUT2D eigenvalue weighted by Gasteiger charge is 2.40. The van der Waals surface area contributed by atoms with Crippen molar-refractivity contribution in [2.45, 2.75) is 38.3 Å². The maximum absolute atomic E-state index is 12.5. The monoisotopic (exact) mass is 269 g/mol. The van der Waals surface area contributed by atoms with Gasteiger partial charge >= 0.3 is 0 Å². The average Bonchev–Trinajstić information content (AvgIpc) is 2.85. The summed E-state index contributed by atoms with van der Waals surface area (Å²) >= 11 is 0. The molecule has 19 heavy (non-hydrogen) atoms. The lowest BCUT2D eigenvalue weighted by atomic mass is 10.0. The van der Waals surface area contributed by atoms with Gasteiger partial charge in [0.15, 0.2) is 0 Å². The van der Waals surface area contributed by atoms with Crippen LogP contribution < -0.4 is 5.73 Å². The summed E-state index contributed by atoms with van der Waals surface area (Å²) in [6.45, 7) is 6.38. The van der Waals surface area contributed by atoms with Gasteiger partial charge in [0.2, 0.25) is 11.8 Å². The van der Waals surface area contributed by atoms with Gasteiger partial charge in [-0.25, -0.2) is 0 Å². The van der Waals surface area contributed by atoms with Crippen molar-refractivity contribution in [2.75, 3.05) is 32.8 Å². The lowest BCUT2D eigenvalue weighted by Gasteiger charge is -2.34. The van der Waals surface area contributed by atoms with E-state index in [1.54, 1.807) is 23.6 Å². The van der Waals surface area contributed by atoms with Crippen molar-refractivity contribution < 1.29 is 14.3 Å². The van der Waals surface area contributed by atoms with Crippen molar-refractivity contribution in [3.05, 3.63) is 0 Å². The summed E-state index contributed by atoms with van der Waals surface area (Å²) in [5, 5.41) is 0. The molecule has 2 aliphatic heterocycles. The number of carbonyl (C=O) groups is 2. The minimum absolute atomic E-state index is 0.0402. The van der Waals surface area contributed by atoms with Crippen LogP contribution in [0.1, 0.15) is 26.7 Å². The third kappa shape index (κ3) is 3.06. The van der Waals surface area contributed by atoms with E-state index in [9.17, 15) is 9.59 Å². The second-order valence-electron chi connectivity index (χ2n) is 5.82. The summed E-state index contributed by atoms with van der Waals surface area (Å²) < 4.78 is 5.25. The summed E-state index contributed by atoms with van der Waals surface area (Å²) in [5.74, 6) is -0.102. The molecule has 0 spiro atoms. The fourth-order valence-electron chi connectivity index (χ4n) is 2.63. The molecule has 0 bridgehead atoms. The van der Waals surface area contributed by atoms with Crippen molar-refractivity contribution in [3.8, 4) is 0 Å². The largest absolute Gasteiger partial charge is 0.378 e. The van der Waals surface area contributed by atoms with Gasteiger partial charge in [-0.05, 0) is 26.7 Å². The number of rotatable bonds is 2. The third-order valence-corrected chi connectivity index (χ3v) is 3.67. The molecule has 0 saturated carbocycles. The van der Waals surface area contributed by atoms with E-state index in [1.807, 2.05) is 0 Å². The summed E-state index contributed by atoms with van der Waals surface area (Å²) in [7, 11) is 0. The van der Waals surface area contributed by atoms with Gasteiger partial charge in [-0.3, -0.25) is 9.59 Å². The molecular formula is C13H23N3O3. The van der Waals surface area contributed by atoms with E-state index in [4.69, 9.17) is 10.5 Å². The molecule has 2 rings (SSSR count). The predicted molar refractivity (Wildman–Crippen MR) is 70.4 cm³/mol. The summed E-state index contributed by atoms with van der Waals surface area (Å²) in [6, 6.07) is -0.339. The Morgan fingerprint density at radius 3 is 2.42 bits per heavy atom. The first-order chi connectivity index (χ1) is 8.91. The standard InChI is InChI=1S/C13H23N3O3/c1-13(2,14)12(18)16-5-3-4-10(16)11(17)15-6-8-19-9-7-15/h10H,3-9,14H2,1-2H3. The first-order valence-corrected chi connectivity index (χ1v) is 6.88. The van der Waals surface area contributed by atoms with Gasteiger partial charge < -0.3 is 20.3 Å². The van der Waals surface area contributed by atoms with Gasteiger partial charge in [-0.1, -0.05) is 0 Å². The molecule has 6 nitrogen and oxygen atoms in total. The fraction of sp³-hybridized carbons (Fsp3) is 0.846. The second-order valence-corrected chi connectivity index (χ2v) is 5.82. The van der Waals surface area contributed by atoms with Crippen LogP contribution in [0.2, 0.25) is 0 Å². The molecule has 1 atom stereocenters. The van der Waals surface area contributed by atoms with E-state index >= 15 is 0 Å². The number of likely N-dealkylation sites (tertiary alicyclic amines) is 1. The lowest BCUT2D eigenvalue weighted by molar-refractivity contribution is -0.148. The number of amides is 2. The van der Waals surface area contributed by atoms with Crippen molar-refractivity contribution in [3.63, 3.8) is 0 Å². The smallest absolute Gasteiger partial charge is 0.245 e. The predicted octanol–water partition coefficient (Wildman–Crippen LogP) is -0.426. The molecule has 2 aliphatic rings. The van der Waals surface area contributed by atoms with E-state index in [1.165, 1.54) is 0 Å². The Labute approximate surface area is 113 Å². The Kier molecular flexibility index (Phi) is 4.10. The van der Waals surface area contributed by atoms with Gasteiger partial charge in [0.05, 0.1) is 18.8 Å². The number of ether oxygens (including phenoxy) is 1. The molecule has 0 aromatic heterocycles. The topological polar surface area (TPSA) is 75.9 Å². The lowest BCUT2D eigenvalue weighted by Crippen LogP contribution is -2.57. The first-order valence-electron chi connectivity index (χ1n) is 6.88. The molecule has 2 amide bonds. The molecule has 1 unspecified atom stereocenters. The molecule has 0 radical (unpaired) electrons. The summed E-state index contributed by atoms with van der Waals surface area (Å²) in [5.41, 5.74) is 4.94. The highest BCUT2D eigenvalue weighted by Crippen LogP contribution is 2.22. The molecule has 0 aromatic carbocycles. The SMILES string of the molecule is CC(C)(N)C(=O)N1CCCC1C(=O)N1CCOCC1. The maximum Gasteiger partial charge on any atom is 0.245 e. The summed E-state index contributed by atoms with van der Waals surface area (Å²) in [6.07, 6.45) is 1.60. The molecule has 2 fully saturated rings. The second kappa shape index (κ2) is 5.46. The normalized spacial score (nSPS) is 24.7. The zero-order valence-corrected chi connectivity index (χ0v) is 11.7. The zero-order chi connectivity index (χ0) is 14.0. The van der Waals surface area contributed by atoms with Crippen LogP contribution in [0.15, 0.2) is 0 Å². The number of hydrogen-bond acceptors (Lipinski definition) is 4. The number of carbonyl (C=O) groups excluding carboxylic acids is 2. The van der Waals surface area contributed by atoms with Crippen LogP contribution >= 0.6 is 0 Å². The maximum atomic E-state index is 12.5. The minimum Gasteiger partial charge on any atom is -0.378 e. The van der Waals surface area contributed by atoms with E-state index < -0.39 is 5.54 Å². The van der Waals surface area contributed by atoms with Crippen LogP contribution in [-0.4, -0.2) is 66.0 Å². The van der Waals surface area contributed by atoms with Gasteiger partial charge in [-0.2, -0.15) is 0 Å². The Morgan fingerprint density at radius 2 is 1.84 bits per heavy atom. The van der Waals surface area contributed by atoms with Crippen LogP contribution in [0.4, 0.5) is 0 Å². The molecular weight excluding hydrogens is 246 g/mol. The van der Waals surface area contributed by atoms with Gasteiger partial charge in [0.1, 0.15) is 6.04 Å². The van der Waals surface area contributed by atoms with E-state index in [0.717, 1.165) is 12.8 Å². The minimum atomic E-state index is -0.923. The van der Waals surface area contributed by atoms with Gasteiger partial charge in [0, 0.05) is 19.6 Å². The van der Waals surface area contributed by atoms with Crippen LogP contribution in [0, 0.1) is 0 Å².